The second kappa shape index (κ2) is 9.62. The third-order valence-electron chi connectivity index (χ3n) is 6.47. The fraction of sp³-hybridized carbons (Fsp3) is 0.458. The van der Waals surface area contributed by atoms with Crippen LogP contribution in [0.5, 0.6) is 5.75 Å². The van der Waals surface area contributed by atoms with Gasteiger partial charge in [-0.3, -0.25) is 9.47 Å². The van der Waals surface area contributed by atoms with E-state index < -0.39 is 0 Å². The quantitative estimate of drug-likeness (QED) is 0.395. The lowest BCUT2D eigenvalue weighted by atomic mass is 9.99. The van der Waals surface area contributed by atoms with Gasteiger partial charge in [0.2, 0.25) is 0 Å². The summed E-state index contributed by atoms with van der Waals surface area (Å²) in [6.45, 7) is 7.27. The van der Waals surface area contributed by atoms with Gasteiger partial charge >= 0.3 is 5.69 Å². The number of rotatable bonds is 8. The van der Waals surface area contributed by atoms with Crippen LogP contribution >= 0.6 is 11.3 Å². The molecule has 4 heterocycles. The van der Waals surface area contributed by atoms with E-state index in [1.165, 1.54) is 16.4 Å². The van der Waals surface area contributed by atoms with Crippen LogP contribution in [0.3, 0.4) is 0 Å². The molecule has 0 amide bonds. The summed E-state index contributed by atoms with van der Waals surface area (Å²) in [4.78, 5) is 21.1. The van der Waals surface area contributed by atoms with Crippen LogP contribution in [0, 0.1) is 5.92 Å². The molecule has 174 valence electrons. The van der Waals surface area contributed by atoms with Crippen LogP contribution in [0.25, 0.3) is 15.9 Å². The molecule has 0 saturated carbocycles. The third-order valence-corrected chi connectivity index (χ3v) is 7.52. The first-order valence-electron chi connectivity index (χ1n) is 11.4. The fourth-order valence-corrected chi connectivity index (χ4v) is 5.64. The average Bonchev–Trinajstić information content (AvgIpc) is 3.50. The number of methoxy groups -OCH3 is 1. The van der Waals surface area contributed by atoms with Gasteiger partial charge in [0.1, 0.15) is 16.9 Å². The Kier molecular flexibility index (Phi) is 6.43. The molecule has 8 nitrogen and oxygen atoms in total. The van der Waals surface area contributed by atoms with Crippen molar-refractivity contribution in [2.45, 2.75) is 32.9 Å². The van der Waals surface area contributed by atoms with Crippen molar-refractivity contribution in [3.8, 4) is 5.75 Å². The lowest BCUT2D eigenvalue weighted by Gasteiger charge is -2.28. The molecule has 0 aliphatic carbocycles. The van der Waals surface area contributed by atoms with Gasteiger partial charge in [0, 0.05) is 26.3 Å². The predicted molar refractivity (Wildman–Crippen MR) is 129 cm³/mol. The number of ether oxygens (including phenoxy) is 2. The number of hydrogen-bond acceptors (Lipinski definition) is 7. The van der Waals surface area contributed by atoms with Gasteiger partial charge < -0.3 is 9.47 Å². The largest absolute Gasteiger partial charge is 0.497 e. The van der Waals surface area contributed by atoms with Crippen molar-refractivity contribution in [1.82, 2.24) is 24.1 Å². The summed E-state index contributed by atoms with van der Waals surface area (Å²) in [6.07, 6.45) is 3.71. The highest BCUT2D eigenvalue weighted by Gasteiger charge is 2.21. The zero-order valence-corrected chi connectivity index (χ0v) is 19.9. The van der Waals surface area contributed by atoms with E-state index in [9.17, 15) is 4.79 Å². The fourth-order valence-electron chi connectivity index (χ4n) is 4.58. The molecule has 9 heteroatoms. The van der Waals surface area contributed by atoms with Crippen LogP contribution in [0.15, 0.2) is 40.8 Å². The Morgan fingerprint density at radius 3 is 2.76 bits per heavy atom. The molecule has 1 aromatic carbocycles. The zero-order chi connectivity index (χ0) is 22.8. The van der Waals surface area contributed by atoms with Crippen LogP contribution in [0.1, 0.15) is 30.9 Å². The molecule has 1 aliphatic rings. The van der Waals surface area contributed by atoms with Gasteiger partial charge in [-0.2, -0.15) is 9.61 Å². The standard InChI is InChI=1S/C24H29N5O3S/c1-3-27(12-18-8-10-32-11-9-18)14-19-15-33-23-21(19)22-25-16-26-29(22)24(30)28(23)13-17-4-6-20(31-2)7-5-17/h4-7,15-16,18H,3,8-14H2,1-2H3. The smallest absolute Gasteiger partial charge is 0.352 e. The molecule has 5 rings (SSSR count). The minimum absolute atomic E-state index is 0.172. The summed E-state index contributed by atoms with van der Waals surface area (Å²) in [5.74, 6) is 1.47. The average molecular weight is 468 g/mol. The molecule has 0 spiro atoms. The molecule has 1 saturated heterocycles. The van der Waals surface area contributed by atoms with E-state index in [4.69, 9.17) is 9.47 Å². The second-order valence-corrected chi connectivity index (χ2v) is 9.39. The number of hydrogen-bond donors (Lipinski definition) is 0. The highest BCUT2D eigenvalue weighted by Crippen LogP contribution is 2.30. The molecular weight excluding hydrogens is 438 g/mol. The lowest BCUT2D eigenvalue weighted by molar-refractivity contribution is 0.0522. The van der Waals surface area contributed by atoms with Crippen molar-refractivity contribution in [3.05, 3.63) is 57.6 Å². The normalized spacial score (nSPS) is 15.1. The van der Waals surface area contributed by atoms with Gasteiger partial charge in [-0.15, -0.1) is 11.3 Å². The molecule has 3 aromatic heterocycles. The Bertz CT molecular complexity index is 1290. The minimum atomic E-state index is -0.172. The summed E-state index contributed by atoms with van der Waals surface area (Å²) in [7, 11) is 1.65. The van der Waals surface area contributed by atoms with Crippen LogP contribution < -0.4 is 10.4 Å². The van der Waals surface area contributed by atoms with E-state index in [0.717, 1.165) is 67.2 Å². The highest BCUT2D eigenvalue weighted by atomic mass is 32.1. The van der Waals surface area contributed by atoms with E-state index in [-0.39, 0.29) is 5.69 Å². The maximum absolute atomic E-state index is 13.3. The van der Waals surface area contributed by atoms with E-state index in [0.29, 0.717) is 18.1 Å². The number of thiophene rings is 1. The molecule has 1 fully saturated rings. The number of benzene rings is 1. The van der Waals surface area contributed by atoms with Gasteiger partial charge in [0.05, 0.1) is 19.0 Å². The molecule has 0 bridgehead atoms. The second-order valence-electron chi connectivity index (χ2n) is 8.54. The Morgan fingerprint density at radius 2 is 2.03 bits per heavy atom. The van der Waals surface area contributed by atoms with Gasteiger partial charge in [0.25, 0.3) is 0 Å². The van der Waals surface area contributed by atoms with Crippen molar-refractivity contribution in [3.63, 3.8) is 0 Å². The van der Waals surface area contributed by atoms with Crippen molar-refractivity contribution in [2.24, 2.45) is 5.92 Å². The Balaban J connectivity index is 1.51. The Labute approximate surface area is 196 Å². The summed E-state index contributed by atoms with van der Waals surface area (Å²) >= 11 is 1.61. The number of fused-ring (bicyclic) bond motifs is 3. The lowest BCUT2D eigenvalue weighted by Crippen LogP contribution is -2.32. The predicted octanol–water partition coefficient (Wildman–Crippen LogP) is 3.41. The molecule has 4 aromatic rings. The van der Waals surface area contributed by atoms with Crippen molar-refractivity contribution in [1.29, 1.82) is 0 Å². The van der Waals surface area contributed by atoms with Crippen LogP contribution in [-0.4, -0.2) is 57.5 Å². The summed E-state index contributed by atoms with van der Waals surface area (Å²) in [5, 5.41) is 7.44. The molecule has 0 radical (unpaired) electrons. The van der Waals surface area contributed by atoms with Gasteiger partial charge in [0.15, 0.2) is 5.65 Å². The zero-order valence-electron chi connectivity index (χ0n) is 19.1. The Hall–Kier alpha value is -2.75. The topological polar surface area (TPSA) is 73.9 Å². The van der Waals surface area contributed by atoms with Crippen LogP contribution in [0.2, 0.25) is 0 Å². The van der Waals surface area contributed by atoms with Gasteiger partial charge in [-0.05, 0) is 53.9 Å². The summed E-state index contributed by atoms with van der Waals surface area (Å²) in [6, 6.07) is 7.81. The Morgan fingerprint density at radius 1 is 1.24 bits per heavy atom. The molecule has 0 N–H and O–H groups in total. The summed E-state index contributed by atoms with van der Waals surface area (Å²) < 4.78 is 14.0. The number of aromatic nitrogens is 4. The molecule has 33 heavy (non-hydrogen) atoms. The van der Waals surface area contributed by atoms with Crippen molar-refractivity contribution in [2.75, 3.05) is 33.4 Å². The first kappa shape index (κ1) is 22.1. The highest BCUT2D eigenvalue weighted by molar-refractivity contribution is 7.17. The first-order chi connectivity index (χ1) is 16.2. The van der Waals surface area contributed by atoms with E-state index in [1.807, 2.05) is 28.8 Å². The number of nitrogens with zero attached hydrogens (tertiary/aromatic N) is 5. The SMILES string of the molecule is CCN(Cc1csc2c1c1ncnn1c(=O)n2Cc1ccc(OC)cc1)CC1CCOCC1. The molecular formula is C24H29N5O3S. The van der Waals surface area contributed by atoms with Crippen LogP contribution in [0.4, 0.5) is 0 Å². The van der Waals surface area contributed by atoms with Crippen molar-refractivity contribution >= 4 is 27.2 Å². The van der Waals surface area contributed by atoms with E-state index in [1.54, 1.807) is 18.4 Å². The first-order valence-corrected chi connectivity index (χ1v) is 12.3. The summed E-state index contributed by atoms with van der Waals surface area (Å²) in [5.41, 5.74) is 2.70. The van der Waals surface area contributed by atoms with Gasteiger partial charge in [-0.25, -0.2) is 9.78 Å². The maximum Gasteiger partial charge on any atom is 0.352 e. The molecule has 0 atom stereocenters. The molecule has 0 unspecified atom stereocenters. The van der Waals surface area contributed by atoms with E-state index >= 15 is 0 Å². The van der Waals surface area contributed by atoms with Gasteiger partial charge in [-0.1, -0.05) is 19.1 Å². The minimum Gasteiger partial charge on any atom is -0.497 e. The van der Waals surface area contributed by atoms with Crippen molar-refractivity contribution < 1.29 is 9.47 Å². The monoisotopic (exact) mass is 467 g/mol. The maximum atomic E-state index is 13.3. The molecule has 1 aliphatic heterocycles. The third kappa shape index (κ3) is 4.40. The van der Waals surface area contributed by atoms with Crippen LogP contribution in [-0.2, 0) is 17.8 Å². The van der Waals surface area contributed by atoms with E-state index in [2.05, 4.69) is 27.3 Å².